The third-order valence-electron chi connectivity index (χ3n) is 9.68. The first-order valence-electron chi connectivity index (χ1n) is 14.9. The summed E-state index contributed by atoms with van der Waals surface area (Å²) in [6.07, 6.45) is 2.49. The molecule has 3 heterocycles. The Morgan fingerprint density at radius 1 is 1.07 bits per heavy atom. The van der Waals surface area contributed by atoms with Gasteiger partial charge in [0.2, 0.25) is 17.7 Å². The molecule has 220 valence electrons. The number of carbonyl (C=O) groups excluding carboxylic acids is 3. The molecule has 1 aliphatic carbocycles. The first-order chi connectivity index (χ1) is 19.1. The molecular weight excluding hydrogens is 508 g/mol. The zero-order valence-electron chi connectivity index (χ0n) is 24.5. The van der Waals surface area contributed by atoms with E-state index in [9.17, 15) is 14.4 Å². The van der Waals surface area contributed by atoms with Crippen LogP contribution in [0.4, 0.5) is 0 Å². The van der Waals surface area contributed by atoms with E-state index in [2.05, 4.69) is 29.4 Å². The SMILES string of the molecule is CNC(=O)[C@@H](NC(=O)[C@H]1CN(CC2CCOCC2)CC12CN(C(=O)[C@H]1CC1(C)C)C2)[C@@H](C)OCc1ccccc1. The first kappa shape index (κ1) is 29.0. The van der Waals surface area contributed by atoms with E-state index in [1.165, 1.54) is 0 Å². The van der Waals surface area contributed by atoms with Crippen LogP contribution in [0.3, 0.4) is 0 Å². The number of likely N-dealkylation sites (N-methyl/N-ethyl adjacent to an activating group) is 1. The summed E-state index contributed by atoms with van der Waals surface area (Å²) in [4.78, 5) is 44.3. The molecule has 0 radical (unpaired) electrons. The number of amides is 3. The van der Waals surface area contributed by atoms with Crippen molar-refractivity contribution in [1.29, 1.82) is 0 Å². The maximum absolute atomic E-state index is 13.9. The predicted octanol–water partition coefficient (Wildman–Crippen LogP) is 2.06. The van der Waals surface area contributed by atoms with Crippen LogP contribution < -0.4 is 10.6 Å². The van der Waals surface area contributed by atoms with Crippen LogP contribution in [-0.4, -0.2) is 92.7 Å². The molecule has 9 heteroatoms. The molecule has 1 spiro atoms. The van der Waals surface area contributed by atoms with Gasteiger partial charge in [-0.15, -0.1) is 0 Å². The van der Waals surface area contributed by atoms with Crippen molar-refractivity contribution in [3.63, 3.8) is 0 Å². The van der Waals surface area contributed by atoms with Crippen LogP contribution in [0.15, 0.2) is 30.3 Å². The largest absolute Gasteiger partial charge is 0.381 e. The fourth-order valence-electron chi connectivity index (χ4n) is 6.87. The third-order valence-corrected chi connectivity index (χ3v) is 9.68. The maximum Gasteiger partial charge on any atom is 0.245 e. The monoisotopic (exact) mass is 554 g/mol. The smallest absolute Gasteiger partial charge is 0.245 e. The van der Waals surface area contributed by atoms with E-state index in [0.717, 1.165) is 51.1 Å². The molecule has 3 saturated heterocycles. The minimum absolute atomic E-state index is 0.0814. The summed E-state index contributed by atoms with van der Waals surface area (Å²) in [6.45, 7) is 11.6. The molecule has 0 unspecified atom stereocenters. The molecule has 4 atom stereocenters. The van der Waals surface area contributed by atoms with Crippen LogP contribution in [-0.2, 0) is 30.5 Å². The van der Waals surface area contributed by atoms with Crippen molar-refractivity contribution in [2.75, 3.05) is 53.0 Å². The van der Waals surface area contributed by atoms with Crippen molar-refractivity contribution >= 4 is 17.7 Å². The van der Waals surface area contributed by atoms with Gasteiger partial charge in [-0.3, -0.25) is 14.4 Å². The molecule has 0 aromatic heterocycles. The van der Waals surface area contributed by atoms with E-state index < -0.39 is 12.1 Å². The van der Waals surface area contributed by atoms with E-state index in [-0.39, 0.29) is 40.4 Å². The number of hydrogen-bond acceptors (Lipinski definition) is 6. The van der Waals surface area contributed by atoms with Gasteiger partial charge in [0.05, 0.1) is 18.6 Å². The second-order valence-electron chi connectivity index (χ2n) is 13.2. The minimum atomic E-state index is -0.812. The average Bonchev–Trinajstić information content (AvgIpc) is 3.41. The maximum atomic E-state index is 13.9. The zero-order chi connectivity index (χ0) is 28.5. The number of ether oxygens (including phenoxy) is 2. The standard InChI is InChI=1S/C31H46N4O5/c1-21(40-17-23-8-6-5-7-9-23)26(28(37)32-4)33-27(36)25-16-34(15-22-10-12-39-13-11-22)18-31(25)19-35(20-31)29(38)24-14-30(24,2)3/h5-9,21-22,24-26H,10-20H2,1-4H3,(H,32,37)(H,33,36)/t21-,24-,25-,26+/m1/s1. The number of benzene rings is 1. The minimum Gasteiger partial charge on any atom is -0.381 e. The Balaban J connectivity index is 1.26. The molecule has 1 aromatic rings. The van der Waals surface area contributed by atoms with Gasteiger partial charge in [-0.25, -0.2) is 0 Å². The van der Waals surface area contributed by atoms with Gasteiger partial charge in [0.1, 0.15) is 6.04 Å². The highest BCUT2D eigenvalue weighted by Gasteiger charge is 2.61. The van der Waals surface area contributed by atoms with Crippen LogP contribution in [0.25, 0.3) is 0 Å². The summed E-state index contributed by atoms with van der Waals surface area (Å²) < 4.78 is 11.6. The van der Waals surface area contributed by atoms with Crippen molar-refractivity contribution in [2.45, 2.75) is 58.8 Å². The number of carbonyl (C=O) groups is 3. The molecule has 4 fully saturated rings. The summed E-state index contributed by atoms with van der Waals surface area (Å²) in [7, 11) is 1.58. The second kappa shape index (κ2) is 11.8. The number of likely N-dealkylation sites (tertiary alicyclic amines) is 2. The molecule has 40 heavy (non-hydrogen) atoms. The quantitative estimate of drug-likeness (QED) is 0.459. The Labute approximate surface area is 238 Å². The van der Waals surface area contributed by atoms with Gasteiger partial charge in [-0.1, -0.05) is 44.2 Å². The lowest BCUT2D eigenvalue weighted by atomic mass is 9.70. The van der Waals surface area contributed by atoms with Crippen molar-refractivity contribution in [1.82, 2.24) is 20.4 Å². The number of nitrogens with zero attached hydrogens (tertiary/aromatic N) is 2. The van der Waals surface area contributed by atoms with E-state index in [1.807, 2.05) is 42.2 Å². The Morgan fingerprint density at radius 2 is 1.75 bits per heavy atom. The third kappa shape index (κ3) is 6.21. The summed E-state index contributed by atoms with van der Waals surface area (Å²) in [5, 5.41) is 5.75. The van der Waals surface area contributed by atoms with Gasteiger partial charge in [-0.05, 0) is 43.1 Å². The highest BCUT2D eigenvalue weighted by atomic mass is 16.5. The lowest BCUT2D eigenvalue weighted by molar-refractivity contribution is -0.152. The molecular formula is C31H46N4O5. The summed E-state index contributed by atoms with van der Waals surface area (Å²) >= 11 is 0. The number of rotatable bonds is 10. The average molecular weight is 555 g/mol. The van der Waals surface area contributed by atoms with Crippen LogP contribution in [0.2, 0.25) is 0 Å². The van der Waals surface area contributed by atoms with Gasteiger partial charge in [0.25, 0.3) is 0 Å². The van der Waals surface area contributed by atoms with Crippen LogP contribution in [0, 0.1) is 28.6 Å². The van der Waals surface area contributed by atoms with Crippen molar-refractivity contribution in [3.05, 3.63) is 35.9 Å². The van der Waals surface area contributed by atoms with Crippen molar-refractivity contribution in [3.8, 4) is 0 Å². The molecule has 3 amide bonds. The molecule has 2 N–H and O–H groups in total. The van der Waals surface area contributed by atoms with E-state index in [0.29, 0.717) is 32.2 Å². The molecule has 1 saturated carbocycles. The Bertz CT molecular complexity index is 1070. The summed E-state index contributed by atoms with van der Waals surface area (Å²) in [6, 6.07) is 8.98. The fourth-order valence-corrected chi connectivity index (χ4v) is 6.87. The van der Waals surface area contributed by atoms with E-state index >= 15 is 0 Å². The zero-order valence-corrected chi connectivity index (χ0v) is 24.5. The van der Waals surface area contributed by atoms with Gasteiger partial charge in [0, 0.05) is 64.3 Å². The van der Waals surface area contributed by atoms with Crippen LogP contribution >= 0.6 is 0 Å². The van der Waals surface area contributed by atoms with Gasteiger partial charge < -0.3 is 29.9 Å². The van der Waals surface area contributed by atoms with Crippen molar-refractivity contribution < 1.29 is 23.9 Å². The summed E-state index contributed by atoms with van der Waals surface area (Å²) in [5.41, 5.74) is 0.802. The highest BCUT2D eigenvalue weighted by molar-refractivity contribution is 5.90. The Morgan fingerprint density at radius 3 is 2.38 bits per heavy atom. The predicted molar refractivity (Wildman–Crippen MR) is 151 cm³/mol. The van der Waals surface area contributed by atoms with Gasteiger partial charge in [0.15, 0.2) is 0 Å². The van der Waals surface area contributed by atoms with Gasteiger partial charge >= 0.3 is 0 Å². The molecule has 4 aliphatic rings. The Kier molecular flexibility index (Phi) is 8.55. The molecule has 9 nitrogen and oxygen atoms in total. The fraction of sp³-hybridized carbons (Fsp3) is 0.710. The lowest BCUT2D eigenvalue weighted by Crippen LogP contribution is -2.65. The lowest BCUT2D eigenvalue weighted by Gasteiger charge is -2.51. The first-order valence-corrected chi connectivity index (χ1v) is 14.9. The molecule has 3 aliphatic heterocycles. The summed E-state index contributed by atoms with van der Waals surface area (Å²) in [5.74, 6) is 0.180. The van der Waals surface area contributed by atoms with Crippen molar-refractivity contribution in [2.24, 2.45) is 28.6 Å². The number of hydrogen-bond donors (Lipinski definition) is 2. The molecule has 0 bridgehead atoms. The Hall–Kier alpha value is -2.49. The van der Waals surface area contributed by atoms with Crippen LogP contribution in [0.5, 0.6) is 0 Å². The number of nitrogens with one attached hydrogen (secondary N) is 2. The normalized spacial score (nSPS) is 27.1. The molecule has 5 rings (SSSR count). The molecule has 1 aromatic carbocycles. The van der Waals surface area contributed by atoms with Crippen LogP contribution in [0.1, 0.15) is 45.6 Å². The topological polar surface area (TPSA) is 100 Å². The van der Waals surface area contributed by atoms with E-state index in [4.69, 9.17) is 9.47 Å². The van der Waals surface area contributed by atoms with E-state index in [1.54, 1.807) is 7.05 Å². The highest BCUT2D eigenvalue weighted by Crippen LogP contribution is 2.54. The van der Waals surface area contributed by atoms with Gasteiger partial charge in [-0.2, -0.15) is 0 Å². The second-order valence-corrected chi connectivity index (χ2v) is 13.2.